The van der Waals surface area contributed by atoms with E-state index in [1.165, 1.54) is 75.8 Å². The molecule has 0 atom stereocenters. The predicted molar refractivity (Wildman–Crippen MR) is 123 cm³/mol. The second kappa shape index (κ2) is 17.7. The monoisotopic (exact) mass is 412 g/mol. The fourth-order valence-corrected chi connectivity index (χ4v) is 6.65. The summed E-state index contributed by atoms with van der Waals surface area (Å²) in [6.45, 7) is 9.12. The van der Waals surface area contributed by atoms with Crippen molar-refractivity contribution in [3.05, 3.63) is 11.3 Å². The van der Waals surface area contributed by atoms with E-state index in [1.54, 1.807) is 0 Å². The predicted octanol–water partition coefficient (Wildman–Crippen LogP) is 7.76. The minimum atomic E-state index is -2.71. The van der Waals surface area contributed by atoms with E-state index >= 15 is 0 Å². The van der Waals surface area contributed by atoms with Crippen LogP contribution in [0.15, 0.2) is 11.3 Å². The molecule has 0 radical (unpaired) electrons. The fourth-order valence-electron chi connectivity index (χ4n) is 3.73. The van der Waals surface area contributed by atoms with E-state index in [-0.39, 0.29) is 0 Å². The molecular formula is C24H48O3Si. The van der Waals surface area contributed by atoms with Crippen molar-refractivity contribution in [3.8, 4) is 0 Å². The molecule has 0 fully saturated rings. The van der Waals surface area contributed by atoms with E-state index in [1.807, 2.05) is 0 Å². The van der Waals surface area contributed by atoms with Gasteiger partial charge in [-0.25, -0.2) is 0 Å². The van der Waals surface area contributed by atoms with Crippen molar-refractivity contribution in [2.24, 2.45) is 0 Å². The number of allylic oxidation sites excluding steroid dienone is 2. The highest BCUT2D eigenvalue weighted by Gasteiger charge is 2.45. The van der Waals surface area contributed by atoms with Gasteiger partial charge in [-0.3, -0.25) is 0 Å². The average Bonchev–Trinajstić information content (AvgIpc) is 2.73. The van der Waals surface area contributed by atoms with E-state index in [9.17, 15) is 0 Å². The summed E-state index contributed by atoms with van der Waals surface area (Å²) in [4.78, 5) is 0. The zero-order valence-electron chi connectivity index (χ0n) is 19.2. The lowest BCUT2D eigenvalue weighted by atomic mass is 10.1. The van der Waals surface area contributed by atoms with Crippen LogP contribution in [0.5, 0.6) is 0 Å². The van der Waals surface area contributed by atoms with Gasteiger partial charge in [0.1, 0.15) is 0 Å². The Morgan fingerprint density at radius 2 is 1.11 bits per heavy atom. The number of unbranched alkanes of at least 4 members (excludes halogenated alkanes) is 9. The SMILES string of the molecule is CCCCCCO[Si](OCCCCCC)(OCCCCCC)C1=CCCCC1. The second-order valence-electron chi connectivity index (χ2n) is 8.26. The first-order valence-corrected chi connectivity index (χ1v) is 14.1. The van der Waals surface area contributed by atoms with Crippen molar-refractivity contribution in [1.82, 2.24) is 0 Å². The second-order valence-corrected chi connectivity index (χ2v) is 10.9. The van der Waals surface area contributed by atoms with Crippen LogP contribution < -0.4 is 0 Å². The first-order valence-electron chi connectivity index (χ1n) is 12.4. The van der Waals surface area contributed by atoms with Gasteiger partial charge in [0.25, 0.3) is 0 Å². The van der Waals surface area contributed by atoms with Gasteiger partial charge < -0.3 is 13.3 Å². The van der Waals surface area contributed by atoms with Gasteiger partial charge in [-0.2, -0.15) is 0 Å². The molecule has 0 aromatic carbocycles. The number of hydrogen-bond donors (Lipinski definition) is 0. The Morgan fingerprint density at radius 1 is 0.643 bits per heavy atom. The Labute approximate surface area is 177 Å². The van der Waals surface area contributed by atoms with Crippen molar-refractivity contribution >= 4 is 8.80 Å². The van der Waals surface area contributed by atoms with Crippen molar-refractivity contribution < 1.29 is 13.3 Å². The molecule has 0 unspecified atom stereocenters. The van der Waals surface area contributed by atoms with Crippen molar-refractivity contribution in [1.29, 1.82) is 0 Å². The average molecular weight is 413 g/mol. The van der Waals surface area contributed by atoms with Crippen LogP contribution in [-0.2, 0) is 13.3 Å². The van der Waals surface area contributed by atoms with Crippen LogP contribution in [0.3, 0.4) is 0 Å². The van der Waals surface area contributed by atoms with Crippen molar-refractivity contribution in [2.45, 2.75) is 124 Å². The minimum Gasteiger partial charge on any atom is -0.370 e. The summed E-state index contributed by atoms with van der Waals surface area (Å²) in [5, 5.41) is 1.38. The molecule has 28 heavy (non-hydrogen) atoms. The van der Waals surface area contributed by atoms with Gasteiger partial charge in [-0.05, 0) is 50.1 Å². The third kappa shape index (κ3) is 11.1. The maximum absolute atomic E-state index is 6.56. The standard InChI is InChI=1S/C24H48O3Si/c1-4-7-10-16-21-25-28(24-19-14-13-15-20-24,26-22-17-11-8-5-2)27-23-18-12-9-6-3/h19H,4-18,20-23H2,1-3H3. The van der Waals surface area contributed by atoms with Gasteiger partial charge in [0.15, 0.2) is 0 Å². The van der Waals surface area contributed by atoms with Gasteiger partial charge in [-0.15, -0.1) is 0 Å². The van der Waals surface area contributed by atoms with E-state index in [4.69, 9.17) is 13.3 Å². The lowest BCUT2D eigenvalue weighted by Gasteiger charge is -2.33. The highest BCUT2D eigenvalue weighted by atomic mass is 28.4. The van der Waals surface area contributed by atoms with Crippen LogP contribution in [0.4, 0.5) is 0 Å². The summed E-state index contributed by atoms with van der Waals surface area (Å²) in [6, 6.07) is 0. The molecule has 4 heteroatoms. The highest BCUT2D eigenvalue weighted by molar-refractivity contribution is 6.68. The maximum Gasteiger partial charge on any atom is 0.532 e. The Hall–Kier alpha value is -0.163. The third-order valence-corrected chi connectivity index (χ3v) is 8.55. The summed E-state index contributed by atoms with van der Waals surface area (Å²) in [6.07, 6.45) is 21.9. The third-order valence-electron chi connectivity index (χ3n) is 5.55. The molecule has 1 rings (SSSR count). The van der Waals surface area contributed by atoms with Crippen molar-refractivity contribution in [2.75, 3.05) is 19.8 Å². The number of hydrogen-bond acceptors (Lipinski definition) is 3. The van der Waals surface area contributed by atoms with Gasteiger partial charge in [0.2, 0.25) is 0 Å². The van der Waals surface area contributed by atoms with Crippen LogP contribution in [0.25, 0.3) is 0 Å². The molecule has 0 aromatic heterocycles. The largest absolute Gasteiger partial charge is 0.532 e. The quantitative estimate of drug-likeness (QED) is 0.160. The maximum atomic E-state index is 6.56. The zero-order chi connectivity index (χ0) is 20.3. The summed E-state index contributed by atoms with van der Waals surface area (Å²) in [7, 11) is -2.71. The summed E-state index contributed by atoms with van der Waals surface area (Å²) >= 11 is 0. The van der Waals surface area contributed by atoms with Crippen LogP contribution in [-0.4, -0.2) is 28.6 Å². The molecule has 0 N–H and O–H groups in total. The highest BCUT2D eigenvalue weighted by Crippen LogP contribution is 2.30. The molecule has 0 saturated heterocycles. The molecule has 0 spiro atoms. The molecule has 1 aliphatic carbocycles. The lowest BCUT2D eigenvalue weighted by Crippen LogP contribution is -2.49. The van der Waals surface area contributed by atoms with E-state index < -0.39 is 8.80 Å². The Balaban J connectivity index is 2.71. The smallest absolute Gasteiger partial charge is 0.370 e. The van der Waals surface area contributed by atoms with Gasteiger partial charge in [-0.1, -0.05) is 84.6 Å². The lowest BCUT2D eigenvalue weighted by molar-refractivity contribution is 0.0627. The molecule has 0 bridgehead atoms. The van der Waals surface area contributed by atoms with E-state index in [2.05, 4.69) is 26.8 Å². The molecule has 3 nitrogen and oxygen atoms in total. The molecule has 166 valence electrons. The molecule has 0 aromatic rings. The molecule has 0 aliphatic heterocycles. The molecule has 1 aliphatic rings. The van der Waals surface area contributed by atoms with Gasteiger partial charge in [0.05, 0.1) is 0 Å². The molecular weight excluding hydrogens is 364 g/mol. The van der Waals surface area contributed by atoms with E-state index in [0.717, 1.165) is 51.9 Å². The van der Waals surface area contributed by atoms with Crippen LogP contribution in [0.2, 0.25) is 0 Å². The minimum absolute atomic E-state index is 0.785. The normalized spacial score (nSPS) is 15.0. The van der Waals surface area contributed by atoms with E-state index in [0.29, 0.717) is 0 Å². The Bertz CT molecular complexity index is 348. The Kier molecular flexibility index (Phi) is 16.3. The fraction of sp³-hybridized carbons (Fsp3) is 0.917. The Morgan fingerprint density at radius 3 is 1.46 bits per heavy atom. The topological polar surface area (TPSA) is 27.7 Å². The van der Waals surface area contributed by atoms with Crippen LogP contribution >= 0.6 is 0 Å². The van der Waals surface area contributed by atoms with Gasteiger partial charge >= 0.3 is 8.80 Å². The molecule has 0 heterocycles. The summed E-state index contributed by atoms with van der Waals surface area (Å²) < 4.78 is 19.7. The first kappa shape index (κ1) is 25.9. The van der Waals surface area contributed by atoms with Crippen LogP contribution in [0, 0.1) is 0 Å². The summed E-state index contributed by atoms with van der Waals surface area (Å²) in [5.74, 6) is 0. The molecule has 0 saturated carbocycles. The van der Waals surface area contributed by atoms with Gasteiger partial charge in [0, 0.05) is 19.8 Å². The summed E-state index contributed by atoms with van der Waals surface area (Å²) in [5.41, 5.74) is 0. The van der Waals surface area contributed by atoms with Crippen molar-refractivity contribution in [3.63, 3.8) is 0 Å². The first-order chi connectivity index (χ1) is 13.8. The number of rotatable bonds is 19. The van der Waals surface area contributed by atoms with Crippen LogP contribution in [0.1, 0.15) is 124 Å². The molecule has 0 amide bonds. The zero-order valence-corrected chi connectivity index (χ0v) is 20.2.